The number of fused-ring (bicyclic) bond motifs is 1. The monoisotopic (exact) mass is 491 g/mol. The van der Waals surface area contributed by atoms with Gasteiger partial charge >= 0.3 is 0 Å². The molecule has 3 aromatic rings. The molecule has 5 rings (SSSR count). The Labute approximate surface area is 212 Å². The van der Waals surface area contributed by atoms with Gasteiger partial charge in [0.15, 0.2) is 0 Å². The van der Waals surface area contributed by atoms with E-state index in [0.717, 1.165) is 62.4 Å². The Bertz CT molecular complexity index is 1170. The van der Waals surface area contributed by atoms with Gasteiger partial charge in [0, 0.05) is 55.3 Å². The lowest BCUT2D eigenvalue weighted by Crippen LogP contribution is -2.38. The number of aliphatic hydroxyl groups excluding tert-OH is 1. The Morgan fingerprint density at radius 3 is 2.53 bits per heavy atom. The van der Waals surface area contributed by atoms with Gasteiger partial charge in [0.05, 0.1) is 6.10 Å². The molecule has 2 N–H and O–H groups in total. The molecule has 1 saturated carbocycles. The molecule has 1 aliphatic heterocycles. The lowest BCUT2D eigenvalue weighted by molar-refractivity contribution is 0.0700. The minimum absolute atomic E-state index is 0.0995. The number of nitrogens with one attached hydrogen (secondary N) is 1. The summed E-state index contributed by atoms with van der Waals surface area (Å²) in [5, 5.41) is 14.6. The average Bonchev–Trinajstić information content (AvgIpc) is 3.28. The summed E-state index contributed by atoms with van der Waals surface area (Å²) in [7, 11) is 0. The molecule has 0 bridgehead atoms. The van der Waals surface area contributed by atoms with Gasteiger partial charge in [0.2, 0.25) is 11.8 Å². The van der Waals surface area contributed by atoms with Gasteiger partial charge in [0.1, 0.15) is 5.65 Å². The number of anilines is 1. The van der Waals surface area contributed by atoms with Gasteiger partial charge in [0.25, 0.3) is 5.91 Å². The van der Waals surface area contributed by atoms with Crippen LogP contribution in [0.5, 0.6) is 0 Å². The number of piperidine rings is 1. The van der Waals surface area contributed by atoms with Gasteiger partial charge in [-0.3, -0.25) is 4.79 Å². The van der Waals surface area contributed by atoms with Gasteiger partial charge in [-0.15, -0.1) is 0 Å². The first-order chi connectivity index (χ1) is 17.5. The van der Waals surface area contributed by atoms with Crippen molar-refractivity contribution in [3.05, 3.63) is 42.2 Å². The van der Waals surface area contributed by atoms with E-state index in [-0.39, 0.29) is 17.8 Å². The molecule has 1 amide bonds. The SMILES string of the molecule is CCC[C@H](C)Nc1ncc2c(C3CCN(C(=O)c4ncccn4)CC3)cn([C@H]3CC[C@H](O)CC3)c2n1. The quantitative estimate of drug-likeness (QED) is 0.507. The Morgan fingerprint density at radius 2 is 1.83 bits per heavy atom. The van der Waals surface area contributed by atoms with Crippen LogP contribution in [0.4, 0.5) is 5.95 Å². The normalized spacial score (nSPS) is 22.0. The van der Waals surface area contributed by atoms with E-state index in [9.17, 15) is 9.90 Å². The van der Waals surface area contributed by atoms with Crippen LogP contribution in [0, 0.1) is 0 Å². The molecule has 0 radical (unpaired) electrons. The number of rotatable bonds is 7. The van der Waals surface area contributed by atoms with Crippen LogP contribution in [0.15, 0.2) is 30.9 Å². The maximum atomic E-state index is 12.8. The molecule has 9 nitrogen and oxygen atoms in total. The van der Waals surface area contributed by atoms with Crippen molar-refractivity contribution in [2.24, 2.45) is 0 Å². The number of amides is 1. The van der Waals surface area contributed by atoms with E-state index < -0.39 is 0 Å². The number of carbonyl (C=O) groups is 1. The van der Waals surface area contributed by atoms with Crippen molar-refractivity contribution in [3.63, 3.8) is 0 Å². The number of hydrogen-bond donors (Lipinski definition) is 2. The van der Waals surface area contributed by atoms with Crippen LogP contribution in [0.25, 0.3) is 11.0 Å². The third kappa shape index (κ3) is 5.21. The highest BCUT2D eigenvalue weighted by Crippen LogP contribution is 2.38. The molecule has 0 spiro atoms. The Kier molecular flexibility index (Phi) is 7.46. The minimum atomic E-state index is -0.195. The number of aromatic nitrogens is 5. The number of aliphatic hydroxyl groups is 1. The zero-order valence-electron chi connectivity index (χ0n) is 21.3. The van der Waals surface area contributed by atoms with Crippen LogP contribution in [0.3, 0.4) is 0 Å². The number of hydrogen-bond acceptors (Lipinski definition) is 7. The second-order valence-corrected chi connectivity index (χ2v) is 10.4. The van der Waals surface area contributed by atoms with Crippen LogP contribution in [-0.4, -0.2) is 65.7 Å². The summed E-state index contributed by atoms with van der Waals surface area (Å²) in [5.41, 5.74) is 2.25. The molecule has 1 aliphatic carbocycles. The Morgan fingerprint density at radius 1 is 1.11 bits per heavy atom. The molecule has 192 valence electrons. The predicted octanol–water partition coefficient (Wildman–Crippen LogP) is 4.32. The molecule has 4 heterocycles. The Balaban J connectivity index is 1.39. The predicted molar refractivity (Wildman–Crippen MR) is 139 cm³/mol. The second-order valence-electron chi connectivity index (χ2n) is 10.4. The van der Waals surface area contributed by atoms with Crippen LogP contribution < -0.4 is 5.32 Å². The van der Waals surface area contributed by atoms with E-state index in [1.165, 1.54) is 5.56 Å². The third-order valence-electron chi connectivity index (χ3n) is 7.74. The van der Waals surface area contributed by atoms with Crippen LogP contribution >= 0.6 is 0 Å². The lowest BCUT2D eigenvalue weighted by Gasteiger charge is -2.31. The second kappa shape index (κ2) is 10.9. The van der Waals surface area contributed by atoms with Gasteiger partial charge in [-0.1, -0.05) is 13.3 Å². The molecule has 1 atom stereocenters. The molecule has 1 saturated heterocycles. The number of carbonyl (C=O) groups excluding carboxylic acids is 1. The van der Waals surface area contributed by atoms with Crippen molar-refractivity contribution in [3.8, 4) is 0 Å². The first-order valence-electron chi connectivity index (χ1n) is 13.4. The number of likely N-dealkylation sites (tertiary alicyclic amines) is 1. The summed E-state index contributed by atoms with van der Waals surface area (Å²) in [6.07, 6.45) is 14.8. The molecule has 3 aromatic heterocycles. The summed E-state index contributed by atoms with van der Waals surface area (Å²) >= 11 is 0. The largest absolute Gasteiger partial charge is 0.393 e. The van der Waals surface area contributed by atoms with E-state index in [4.69, 9.17) is 4.98 Å². The van der Waals surface area contributed by atoms with Crippen molar-refractivity contribution in [2.45, 2.75) is 89.3 Å². The highest BCUT2D eigenvalue weighted by Gasteiger charge is 2.30. The molecular weight excluding hydrogens is 454 g/mol. The maximum absolute atomic E-state index is 12.8. The average molecular weight is 492 g/mol. The van der Waals surface area contributed by atoms with Gasteiger partial charge < -0.3 is 19.9 Å². The lowest BCUT2D eigenvalue weighted by atomic mass is 9.89. The molecule has 0 unspecified atom stereocenters. The van der Waals surface area contributed by atoms with E-state index in [0.29, 0.717) is 37.0 Å². The van der Waals surface area contributed by atoms with Gasteiger partial charge in [-0.05, 0) is 69.4 Å². The summed E-state index contributed by atoms with van der Waals surface area (Å²) < 4.78 is 2.34. The standard InChI is InChI=1S/C27H37N7O2/c1-3-5-18(2)31-27-30-16-22-23(17-34(25(22)32-27)20-6-8-21(35)9-7-20)19-10-14-33(15-11-19)26(36)24-28-12-4-13-29-24/h4,12-13,16-21,35H,3,5-11,14-15H2,1-2H3,(H,30,31,32)/t18-,20-,21-/m0/s1. The summed E-state index contributed by atoms with van der Waals surface area (Å²) in [6, 6.07) is 2.37. The van der Waals surface area contributed by atoms with Crippen molar-refractivity contribution < 1.29 is 9.90 Å². The van der Waals surface area contributed by atoms with Crippen LogP contribution in [-0.2, 0) is 0 Å². The zero-order valence-corrected chi connectivity index (χ0v) is 21.3. The van der Waals surface area contributed by atoms with Crippen LogP contribution in [0.2, 0.25) is 0 Å². The van der Waals surface area contributed by atoms with Crippen molar-refractivity contribution in [1.82, 2.24) is 29.4 Å². The first kappa shape index (κ1) is 24.6. The van der Waals surface area contributed by atoms with E-state index in [2.05, 4.69) is 44.9 Å². The van der Waals surface area contributed by atoms with Crippen molar-refractivity contribution >= 4 is 22.9 Å². The fourth-order valence-corrected chi connectivity index (χ4v) is 5.73. The van der Waals surface area contributed by atoms with Crippen molar-refractivity contribution in [1.29, 1.82) is 0 Å². The molecular formula is C27H37N7O2. The third-order valence-corrected chi connectivity index (χ3v) is 7.74. The van der Waals surface area contributed by atoms with E-state index in [1.54, 1.807) is 18.5 Å². The zero-order chi connectivity index (χ0) is 25.1. The van der Waals surface area contributed by atoms with E-state index >= 15 is 0 Å². The fourth-order valence-electron chi connectivity index (χ4n) is 5.73. The maximum Gasteiger partial charge on any atom is 0.291 e. The Hall–Kier alpha value is -3.07. The first-order valence-corrected chi connectivity index (χ1v) is 13.4. The summed E-state index contributed by atoms with van der Waals surface area (Å²) in [6.45, 7) is 5.71. The highest BCUT2D eigenvalue weighted by atomic mass is 16.3. The summed E-state index contributed by atoms with van der Waals surface area (Å²) in [4.78, 5) is 32.6. The van der Waals surface area contributed by atoms with Crippen LogP contribution in [0.1, 0.15) is 93.4 Å². The fraction of sp³-hybridized carbons (Fsp3) is 0.593. The summed E-state index contributed by atoms with van der Waals surface area (Å²) in [5.74, 6) is 1.17. The van der Waals surface area contributed by atoms with E-state index in [1.807, 2.05) is 11.1 Å². The smallest absolute Gasteiger partial charge is 0.291 e. The molecule has 2 aliphatic rings. The molecule has 9 heteroatoms. The van der Waals surface area contributed by atoms with Crippen molar-refractivity contribution in [2.75, 3.05) is 18.4 Å². The number of nitrogens with zero attached hydrogens (tertiary/aromatic N) is 6. The minimum Gasteiger partial charge on any atom is -0.393 e. The topological polar surface area (TPSA) is 109 Å². The molecule has 0 aromatic carbocycles. The van der Waals surface area contributed by atoms with Gasteiger partial charge in [-0.25, -0.2) is 15.0 Å². The van der Waals surface area contributed by atoms with Gasteiger partial charge in [-0.2, -0.15) is 4.98 Å². The molecule has 36 heavy (non-hydrogen) atoms. The highest BCUT2D eigenvalue weighted by molar-refractivity contribution is 5.90. The molecule has 2 fully saturated rings.